The maximum absolute atomic E-state index is 12.5. The molecule has 0 spiro atoms. The van der Waals surface area contributed by atoms with Gasteiger partial charge in [0.15, 0.2) is 11.5 Å². The van der Waals surface area contributed by atoms with Crippen LogP contribution in [-0.4, -0.2) is 43.7 Å². The van der Waals surface area contributed by atoms with Gasteiger partial charge < -0.3 is 14.8 Å². The molecule has 2 aromatic carbocycles. The van der Waals surface area contributed by atoms with Crippen LogP contribution in [0.1, 0.15) is 31.0 Å². The van der Waals surface area contributed by atoms with E-state index in [1.165, 1.54) is 5.56 Å². The zero-order chi connectivity index (χ0) is 19.1. The third-order valence-electron chi connectivity index (χ3n) is 4.90. The Morgan fingerprint density at radius 1 is 1.04 bits per heavy atom. The van der Waals surface area contributed by atoms with Crippen LogP contribution in [0, 0.1) is 0 Å². The van der Waals surface area contributed by atoms with Crippen LogP contribution in [0.15, 0.2) is 48.5 Å². The first-order valence-corrected chi connectivity index (χ1v) is 9.65. The van der Waals surface area contributed by atoms with Crippen LogP contribution in [0.3, 0.4) is 0 Å². The molecule has 0 radical (unpaired) electrons. The minimum Gasteiger partial charge on any atom is -0.486 e. The molecule has 0 fully saturated rings. The Labute approximate surface area is 161 Å². The van der Waals surface area contributed by atoms with Gasteiger partial charge in [-0.3, -0.25) is 9.69 Å². The van der Waals surface area contributed by atoms with Crippen molar-refractivity contribution in [3.8, 4) is 11.5 Å². The topological polar surface area (TPSA) is 50.8 Å². The summed E-state index contributed by atoms with van der Waals surface area (Å²) in [7, 11) is 0. The van der Waals surface area contributed by atoms with Gasteiger partial charge in [-0.25, -0.2) is 0 Å². The number of hydrogen-bond acceptors (Lipinski definition) is 4. The lowest BCUT2D eigenvalue weighted by molar-refractivity contribution is -0.120. The Hall–Kier alpha value is -2.53. The van der Waals surface area contributed by atoms with Gasteiger partial charge in [0.05, 0.1) is 12.5 Å². The minimum atomic E-state index is 0.0137. The molecule has 1 heterocycles. The molecule has 0 saturated carbocycles. The van der Waals surface area contributed by atoms with Crippen molar-refractivity contribution in [2.75, 3.05) is 32.8 Å². The second-order valence-corrected chi connectivity index (χ2v) is 6.61. The molecular formula is C22H28N2O3. The third kappa shape index (κ3) is 5.01. The van der Waals surface area contributed by atoms with E-state index in [1.54, 1.807) is 0 Å². The van der Waals surface area contributed by atoms with Crippen LogP contribution in [0.4, 0.5) is 0 Å². The number of fused-ring (bicyclic) bond motifs is 1. The fraction of sp³-hybridized carbons (Fsp3) is 0.409. The molecule has 0 aliphatic carbocycles. The first kappa shape index (κ1) is 19.2. The average Bonchev–Trinajstić information content (AvgIpc) is 2.71. The molecule has 0 aromatic heterocycles. The van der Waals surface area contributed by atoms with Gasteiger partial charge in [-0.05, 0) is 36.3 Å². The van der Waals surface area contributed by atoms with Crippen LogP contribution in [-0.2, 0) is 11.2 Å². The molecule has 1 unspecified atom stereocenters. The van der Waals surface area contributed by atoms with Gasteiger partial charge >= 0.3 is 0 Å². The zero-order valence-electron chi connectivity index (χ0n) is 16.1. The molecule has 5 nitrogen and oxygen atoms in total. The van der Waals surface area contributed by atoms with Crippen molar-refractivity contribution in [3.05, 3.63) is 59.7 Å². The standard InChI is InChI=1S/C22H28N2O3/c1-3-24(4-2)19(18-8-6-5-7-9-18)16-23-22(25)15-17-10-11-20-21(14-17)27-13-12-26-20/h5-11,14,19H,3-4,12-13,15-16H2,1-2H3,(H,23,25). The van der Waals surface area contributed by atoms with E-state index in [2.05, 4.69) is 36.2 Å². The summed E-state index contributed by atoms with van der Waals surface area (Å²) in [5.41, 5.74) is 2.15. The summed E-state index contributed by atoms with van der Waals surface area (Å²) in [6, 6.07) is 16.2. The summed E-state index contributed by atoms with van der Waals surface area (Å²) in [6.45, 7) is 7.88. The fourth-order valence-electron chi connectivity index (χ4n) is 3.45. The Morgan fingerprint density at radius 2 is 1.74 bits per heavy atom. The quantitative estimate of drug-likeness (QED) is 0.777. The summed E-state index contributed by atoms with van der Waals surface area (Å²) < 4.78 is 11.1. The molecule has 1 N–H and O–H groups in total. The number of carbonyl (C=O) groups excluding carboxylic acids is 1. The van der Waals surface area contributed by atoms with Crippen LogP contribution < -0.4 is 14.8 Å². The van der Waals surface area contributed by atoms with E-state index in [0.29, 0.717) is 26.2 Å². The van der Waals surface area contributed by atoms with Crippen LogP contribution in [0.5, 0.6) is 11.5 Å². The highest BCUT2D eigenvalue weighted by molar-refractivity contribution is 5.78. The van der Waals surface area contributed by atoms with Crippen molar-refractivity contribution in [3.63, 3.8) is 0 Å². The number of nitrogens with zero attached hydrogens (tertiary/aromatic N) is 1. The monoisotopic (exact) mass is 368 g/mol. The predicted molar refractivity (Wildman–Crippen MR) is 106 cm³/mol. The van der Waals surface area contributed by atoms with Gasteiger partial charge in [-0.1, -0.05) is 50.2 Å². The first-order valence-electron chi connectivity index (χ1n) is 9.65. The van der Waals surface area contributed by atoms with Crippen molar-refractivity contribution in [2.45, 2.75) is 26.3 Å². The maximum atomic E-state index is 12.5. The molecule has 2 aromatic rings. The lowest BCUT2D eigenvalue weighted by Crippen LogP contribution is -2.38. The molecule has 27 heavy (non-hydrogen) atoms. The van der Waals surface area contributed by atoms with Crippen LogP contribution >= 0.6 is 0 Å². The molecule has 3 rings (SSSR count). The van der Waals surface area contributed by atoms with Crippen molar-refractivity contribution in [1.82, 2.24) is 10.2 Å². The molecule has 1 aliphatic rings. The zero-order valence-corrected chi connectivity index (χ0v) is 16.1. The molecule has 0 bridgehead atoms. The van der Waals surface area contributed by atoms with Crippen LogP contribution in [0.25, 0.3) is 0 Å². The highest BCUT2D eigenvalue weighted by Crippen LogP contribution is 2.30. The number of likely N-dealkylation sites (N-methyl/N-ethyl adjacent to an activating group) is 1. The number of carbonyl (C=O) groups is 1. The number of hydrogen-bond donors (Lipinski definition) is 1. The van der Waals surface area contributed by atoms with Crippen molar-refractivity contribution < 1.29 is 14.3 Å². The third-order valence-corrected chi connectivity index (χ3v) is 4.90. The van der Waals surface area contributed by atoms with Gasteiger partial charge in [0.2, 0.25) is 5.91 Å². The Balaban J connectivity index is 1.62. The van der Waals surface area contributed by atoms with Gasteiger partial charge in [0.1, 0.15) is 13.2 Å². The number of nitrogens with one attached hydrogen (secondary N) is 1. The molecule has 0 saturated heterocycles. The van der Waals surface area contributed by atoms with E-state index in [-0.39, 0.29) is 11.9 Å². The Morgan fingerprint density at radius 3 is 2.44 bits per heavy atom. The minimum absolute atomic E-state index is 0.0137. The summed E-state index contributed by atoms with van der Waals surface area (Å²) in [5, 5.41) is 3.11. The molecule has 1 atom stereocenters. The van der Waals surface area contributed by atoms with E-state index in [4.69, 9.17) is 9.47 Å². The van der Waals surface area contributed by atoms with Gasteiger partial charge in [-0.15, -0.1) is 0 Å². The largest absolute Gasteiger partial charge is 0.486 e. The highest BCUT2D eigenvalue weighted by Gasteiger charge is 2.19. The van der Waals surface area contributed by atoms with E-state index in [1.807, 2.05) is 36.4 Å². The summed E-state index contributed by atoms with van der Waals surface area (Å²) in [6.07, 6.45) is 0.330. The Kier molecular flexibility index (Phi) is 6.71. The number of ether oxygens (including phenoxy) is 2. The predicted octanol–water partition coefficient (Wildman–Crippen LogP) is 3.20. The maximum Gasteiger partial charge on any atom is 0.224 e. The van der Waals surface area contributed by atoms with Crippen molar-refractivity contribution >= 4 is 5.91 Å². The van der Waals surface area contributed by atoms with Gasteiger partial charge in [-0.2, -0.15) is 0 Å². The molecule has 5 heteroatoms. The Bertz CT molecular complexity index is 744. The molecule has 144 valence electrons. The van der Waals surface area contributed by atoms with Crippen molar-refractivity contribution in [1.29, 1.82) is 0 Å². The number of rotatable bonds is 8. The summed E-state index contributed by atoms with van der Waals surface area (Å²) in [5.74, 6) is 1.48. The van der Waals surface area contributed by atoms with Crippen LogP contribution in [0.2, 0.25) is 0 Å². The van der Waals surface area contributed by atoms with E-state index >= 15 is 0 Å². The lowest BCUT2D eigenvalue weighted by Gasteiger charge is -2.30. The summed E-state index contributed by atoms with van der Waals surface area (Å²) >= 11 is 0. The normalized spacial score (nSPS) is 14.0. The number of benzene rings is 2. The fourth-order valence-corrected chi connectivity index (χ4v) is 3.45. The number of amides is 1. The molecular weight excluding hydrogens is 340 g/mol. The van der Waals surface area contributed by atoms with Crippen molar-refractivity contribution in [2.24, 2.45) is 0 Å². The van der Waals surface area contributed by atoms with E-state index in [0.717, 1.165) is 30.2 Å². The average molecular weight is 368 g/mol. The SMILES string of the molecule is CCN(CC)C(CNC(=O)Cc1ccc2c(c1)OCCO2)c1ccccc1. The summed E-state index contributed by atoms with van der Waals surface area (Å²) in [4.78, 5) is 14.9. The smallest absolute Gasteiger partial charge is 0.224 e. The second kappa shape index (κ2) is 9.42. The van der Waals surface area contributed by atoms with E-state index in [9.17, 15) is 4.79 Å². The lowest BCUT2D eigenvalue weighted by atomic mass is 10.0. The van der Waals surface area contributed by atoms with Gasteiger partial charge in [0.25, 0.3) is 0 Å². The first-order chi connectivity index (χ1) is 13.2. The second-order valence-electron chi connectivity index (χ2n) is 6.61. The van der Waals surface area contributed by atoms with E-state index < -0.39 is 0 Å². The molecule has 1 aliphatic heterocycles. The van der Waals surface area contributed by atoms with Gasteiger partial charge in [0, 0.05) is 6.54 Å². The molecule has 1 amide bonds. The highest BCUT2D eigenvalue weighted by atomic mass is 16.6.